The number of rotatable bonds is 5. The van der Waals surface area contributed by atoms with E-state index in [2.05, 4.69) is 64.2 Å². The second-order valence-electron chi connectivity index (χ2n) is 8.31. The van der Waals surface area contributed by atoms with Gasteiger partial charge in [0.15, 0.2) is 11.5 Å². The van der Waals surface area contributed by atoms with E-state index in [4.69, 9.17) is 9.47 Å². The zero-order valence-corrected chi connectivity index (χ0v) is 17.6. The Labute approximate surface area is 177 Å². The highest BCUT2D eigenvalue weighted by atomic mass is 16.7. The lowest BCUT2D eigenvalue weighted by Crippen LogP contribution is -2.45. The molecule has 6 heteroatoms. The van der Waals surface area contributed by atoms with Gasteiger partial charge in [0.2, 0.25) is 6.79 Å². The van der Waals surface area contributed by atoms with Gasteiger partial charge in [-0.15, -0.1) is 0 Å². The van der Waals surface area contributed by atoms with Crippen molar-refractivity contribution in [1.82, 2.24) is 20.0 Å². The van der Waals surface area contributed by atoms with Crippen molar-refractivity contribution in [3.63, 3.8) is 0 Å². The summed E-state index contributed by atoms with van der Waals surface area (Å²) in [4.78, 5) is 5.03. The molecular formula is C24H28N4O2. The molecular weight excluding hydrogens is 376 g/mol. The molecule has 2 aromatic carbocycles. The minimum atomic E-state index is 0.329. The molecule has 6 nitrogen and oxygen atoms in total. The van der Waals surface area contributed by atoms with Crippen LogP contribution in [0.15, 0.2) is 42.6 Å². The second-order valence-corrected chi connectivity index (χ2v) is 8.31. The minimum Gasteiger partial charge on any atom is -0.454 e. The van der Waals surface area contributed by atoms with Gasteiger partial charge >= 0.3 is 0 Å². The van der Waals surface area contributed by atoms with Gasteiger partial charge in [-0.1, -0.05) is 18.2 Å². The number of aromatic amines is 1. The van der Waals surface area contributed by atoms with Crippen LogP contribution in [0.4, 0.5) is 0 Å². The van der Waals surface area contributed by atoms with Crippen molar-refractivity contribution in [2.45, 2.75) is 26.9 Å². The maximum Gasteiger partial charge on any atom is 0.231 e. The molecule has 0 saturated carbocycles. The predicted molar refractivity (Wildman–Crippen MR) is 117 cm³/mol. The van der Waals surface area contributed by atoms with Crippen LogP contribution in [0.2, 0.25) is 0 Å². The van der Waals surface area contributed by atoms with Crippen LogP contribution in [0.25, 0.3) is 11.3 Å². The van der Waals surface area contributed by atoms with E-state index < -0.39 is 0 Å². The van der Waals surface area contributed by atoms with Crippen LogP contribution < -0.4 is 9.47 Å². The summed E-state index contributed by atoms with van der Waals surface area (Å²) in [7, 11) is 0. The van der Waals surface area contributed by atoms with E-state index in [-0.39, 0.29) is 0 Å². The van der Waals surface area contributed by atoms with Crippen molar-refractivity contribution >= 4 is 0 Å². The predicted octanol–water partition coefficient (Wildman–Crippen LogP) is 3.74. The summed E-state index contributed by atoms with van der Waals surface area (Å²) in [5, 5.41) is 7.54. The highest BCUT2D eigenvalue weighted by Crippen LogP contribution is 2.33. The molecule has 5 rings (SSSR count). The van der Waals surface area contributed by atoms with Crippen LogP contribution in [0.3, 0.4) is 0 Å². The van der Waals surface area contributed by atoms with Crippen LogP contribution in [0.1, 0.15) is 22.3 Å². The third kappa shape index (κ3) is 3.93. The SMILES string of the molecule is Cc1ccc(-c2[nH]ncc2CN2CCN(Cc3ccc4c(c3)OCO4)CC2)cc1C. The fourth-order valence-corrected chi connectivity index (χ4v) is 4.22. The standard InChI is InChI=1S/C24H28N4O2/c1-17-3-5-20(11-18(17)2)24-21(13-25-26-24)15-28-9-7-27(8-10-28)14-19-4-6-22-23(12-19)30-16-29-22/h3-6,11-13H,7-10,14-16H2,1-2H3,(H,25,26). The largest absolute Gasteiger partial charge is 0.454 e. The topological polar surface area (TPSA) is 53.6 Å². The van der Waals surface area contributed by atoms with Crippen LogP contribution in [-0.2, 0) is 13.1 Å². The number of benzene rings is 2. The monoisotopic (exact) mass is 404 g/mol. The summed E-state index contributed by atoms with van der Waals surface area (Å²) < 4.78 is 10.9. The summed E-state index contributed by atoms with van der Waals surface area (Å²) in [6.07, 6.45) is 1.98. The second kappa shape index (κ2) is 8.13. The van der Waals surface area contributed by atoms with E-state index in [0.717, 1.165) is 56.5 Å². The van der Waals surface area contributed by atoms with Crippen molar-refractivity contribution in [2.75, 3.05) is 33.0 Å². The van der Waals surface area contributed by atoms with Crippen molar-refractivity contribution in [3.05, 3.63) is 64.8 Å². The van der Waals surface area contributed by atoms with Gasteiger partial charge in [-0.2, -0.15) is 5.10 Å². The van der Waals surface area contributed by atoms with Gasteiger partial charge in [-0.05, 0) is 48.7 Å². The zero-order chi connectivity index (χ0) is 20.5. The molecule has 3 aromatic rings. The lowest BCUT2D eigenvalue weighted by molar-refractivity contribution is 0.122. The molecule has 2 aliphatic heterocycles. The van der Waals surface area contributed by atoms with Crippen molar-refractivity contribution in [2.24, 2.45) is 0 Å². The Bertz CT molecular complexity index is 1040. The van der Waals surface area contributed by atoms with Gasteiger partial charge in [0.25, 0.3) is 0 Å². The van der Waals surface area contributed by atoms with E-state index in [9.17, 15) is 0 Å². The van der Waals surface area contributed by atoms with Gasteiger partial charge in [0, 0.05) is 50.4 Å². The summed E-state index contributed by atoms with van der Waals surface area (Å²) in [6.45, 7) is 10.8. The molecule has 1 fully saturated rings. The Morgan fingerprint density at radius 1 is 0.867 bits per heavy atom. The molecule has 0 atom stereocenters. The first-order valence-electron chi connectivity index (χ1n) is 10.6. The molecule has 3 heterocycles. The molecule has 2 aliphatic rings. The Hall–Kier alpha value is -2.83. The number of nitrogens with zero attached hydrogens (tertiary/aromatic N) is 3. The highest BCUT2D eigenvalue weighted by molar-refractivity contribution is 5.64. The summed E-state index contributed by atoms with van der Waals surface area (Å²) in [5.74, 6) is 1.72. The Morgan fingerprint density at radius 2 is 1.63 bits per heavy atom. The van der Waals surface area contributed by atoms with Crippen LogP contribution in [0, 0.1) is 13.8 Å². The third-order valence-corrected chi connectivity index (χ3v) is 6.22. The minimum absolute atomic E-state index is 0.329. The van der Waals surface area contributed by atoms with E-state index in [0.29, 0.717) is 6.79 Å². The van der Waals surface area contributed by atoms with Crippen LogP contribution in [0.5, 0.6) is 11.5 Å². The molecule has 0 spiro atoms. The smallest absolute Gasteiger partial charge is 0.231 e. The number of hydrogen-bond donors (Lipinski definition) is 1. The van der Waals surface area contributed by atoms with Crippen molar-refractivity contribution < 1.29 is 9.47 Å². The van der Waals surface area contributed by atoms with E-state index >= 15 is 0 Å². The number of fused-ring (bicyclic) bond motifs is 1. The number of H-pyrrole nitrogens is 1. The summed E-state index contributed by atoms with van der Waals surface area (Å²) in [6, 6.07) is 12.9. The Balaban J connectivity index is 1.19. The quantitative estimate of drug-likeness (QED) is 0.702. The van der Waals surface area contributed by atoms with E-state index in [1.165, 1.54) is 27.8 Å². The van der Waals surface area contributed by atoms with Crippen molar-refractivity contribution in [1.29, 1.82) is 0 Å². The number of nitrogens with one attached hydrogen (secondary N) is 1. The Kier molecular flexibility index (Phi) is 5.19. The molecule has 1 N–H and O–H groups in total. The summed E-state index contributed by atoms with van der Waals surface area (Å²) >= 11 is 0. The Morgan fingerprint density at radius 3 is 2.43 bits per heavy atom. The molecule has 156 valence electrons. The van der Waals surface area contributed by atoms with Crippen LogP contribution in [-0.4, -0.2) is 53.0 Å². The third-order valence-electron chi connectivity index (χ3n) is 6.22. The van der Waals surface area contributed by atoms with E-state index in [1.807, 2.05) is 12.3 Å². The van der Waals surface area contributed by atoms with Gasteiger partial charge < -0.3 is 9.47 Å². The fraction of sp³-hybridized carbons (Fsp3) is 0.375. The molecule has 30 heavy (non-hydrogen) atoms. The van der Waals surface area contributed by atoms with Crippen LogP contribution >= 0.6 is 0 Å². The van der Waals surface area contributed by atoms with Gasteiger partial charge in [-0.25, -0.2) is 0 Å². The molecule has 1 aromatic heterocycles. The number of aryl methyl sites for hydroxylation is 2. The van der Waals surface area contributed by atoms with E-state index in [1.54, 1.807) is 0 Å². The normalized spacial score (nSPS) is 16.9. The maximum absolute atomic E-state index is 5.51. The summed E-state index contributed by atoms with van der Waals surface area (Å²) in [5.41, 5.74) is 7.53. The first-order chi connectivity index (χ1) is 14.7. The molecule has 0 bridgehead atoms. The first kappa shape index (κ1) is 19.2. The number of hydrogen-bond acceptors (Lipinski definition) is 5. The number of piperazine rings is 1. The average Bonchev–Trinajstić information content (AvgIpc) is 3.40. The van der Waals surface area contributed by atoms with Crippen molar-refractivity contribution in [3.8, 4) is 22.8 Å². The molecule has 0 radical (unpaired) electrons. The zero-order valence-electron chi connectivity index (χ0n) is 17.6. The molecule has 0 amide bonds. The average molecular weight is 405 g/mol. The van der Waals surface area contributed by atoms with Gasteiger partial charge in [0.05, 0.1) is 11.9 Å². The maximum atomic E-state index is 5.51. The molecule has 0 aliphatic carbocycles. The fourth-order valence-electron chi connectivity index (χ4n) is 4.22. The number of ether oxygens (including phenoxy) is 2. The van der Waals surface area contributed by atoms with Gasteiger partial charge in [-0.3, -0.25) is 14.9 Å². The number of aromatic nitrogens is 2. The lowest BCUT2D eigenvalue weighted by atomic mass is 10.0. The molecule has 0 unspecified atom stereocenters. The first-order valence-corrected chi connectivity index (χ1v) is 10.6. The van der Waals surface area contributed by atoms with Gasteiger partial charge in [0.1, 0.15) is 0 Å². The molecule has 1 saturated heterocycles. The highest BCUT2D eigenvalue weighted by Gasteiger charge is 2.20. The lowest BCUT2D eigenvalue weighted by Gasteiger charge is -2.34.